The summed E-state index contributed by atoms with van der Waals surface area (Å²) in [7, 11) is 4.18. The molecule has 2 aliphatic rings. The summed E-state index contributed by atoms with van der Waals surface area (Å²) in [6, 6.07) is 10.2. The van der Waals surface area contributed by atoms with Crippen LogP contribution in [0.5, 0.6) is 0 Å². The van der Waals surface area contributed by atoms with E-state index in [0.29, 0.717) is 13.1 Å². The number of carbonyl (C=O) groups is 1. The molecule has 27 heavy (non-hydrogen) atoms. The molecular formula is C20H28N6O. The fourth-order valence-electron chi connectivity index (χ4n) is 3.31. The molecule has 7 heteroatoms. The molecule has 0 unspecified atom stereocenters. The third kappa shape index (κ3) is 5.00. The number of hydrogen-bond donors (Lipinski definition) is 1. The highest BCUT2D eigenvalue weighted by atomic mass is 16.2. The van der Waals surface area contributed by atoms with Crippen LogP contribution < -0.4 is 10.2 Å². The second-order valence-corrected chi connectivity index (χ2v) is 7.25. The van der Waals surface area contributed by atoms with Crippen LogP contribution in [-0.2, 0) is 4.79 Å². The predicted molar refractivity (Wildman–Crippen MR) is 108 cm³/mol. The minimum absolute atomic E-state index is 0.141. The van der Waals surface area contributed by atoms with Gasteiger partial charge in [-0.3, -0.25) is 4.79 Å². The third-order valence-electron chi connectivity index (χ3n) is 5.26. The second-order valence-electron chi connectivity index (χ2n) is 7.25. The lowest BCUT2D eigenvalue weighted by Gasteiger charge is -2.34. The SMILES string of the molecule is CN1CCN(C(=O)/C(C#N)=C\Nc2ccc(N3CCN(C)CC3)cc2)CC1. The highest BCUT2D eigenvalue weighted by Gasteiger charge is 2.22. The Morgan fingerprint density at radius 3 is 2.07 bits per heavy atom. The molecule has 0 saturated carbocycles. The lowest BCUT2D eigenvalue weighted by molar-refractivity contribution is -0.128. The van der Waals surface area contributed by atoms with E-state index in [0.717, 1.165) is 45.0 Å². The van der Waals surface area contributed by atoms with Gasteiger partial charge in [0.15, 0.2) is 0 Å². The number of nitriles is 1. The Bertz CT molecular complexity index is 707. The Morgan fingerprint density at radius 2 is 1.52 bits per heavy atom. The van der Waals surface area contributed by atoms with E-state index in [9.17, 15) is 10.1 Å². The van der Waals surface area contributed by atoms with Crippen molar-refractivity contribution in [3.05, 3.63) is 36.0 Å². The number of anilines is 2. The molecule has 1 N–H and O–H groups in total. The second kappa shape index (κ2) is 8.89. The third-order valence-corrected chi connectivity index (χ3v) is 5.26. The van der Waals surface area contributed by atoms with Crippen molar-refractivity contribution in [1.29, 1.82) is 5.26 Å². The van der Waals surface area contributed by atoms with Crippen LogP contribution in [0.1, 0.15) is 0 Å². The molecule has 3 rings (SSSR count). The van der Waals surface area contributed by atoms with Crippen LogP contribution in [0.15, 0.2) is 36.0 Å². The van der Waals surface area contributed by atoms with Crippen molar-refractivity contribution in [2.75, 3.05) is 76.7 Å². The van der Waals surface area contributed by atoms with Gasteiger partial charge in [-0.2, -0.15) is 5.26 Å². The normalized spacial score (nSPS) is 19.7. The van der Waals surface area contributed by atoms with Crippen LogP contribution in [0.3, 0.4) is 0 Å². The average molecular weight is 368 g/mol. The van der Waals surface area contributed by atoms with Gasteiger partial charge in [-0.15, -0.1) is 0 Å². The quantitative estimate of drug-likeness (QED) is 0.633. The lowest BCUT2D eigenvalue weighted by atomic mass is 10.2. The van der Waals surface area contributed by atoms with Crippen molar-refractivity contribution in [3.63, 3.8) is 0 Å². The highest BCUT2D eigenvalue weighted by Crippen LogP contribution is 2.19. The Kier molecular flexibility index (Phi) is 6.32. The maximum absolute atomic E-state index is 12.5. The van der Waals surface area contributed by atoms with Crippen molar-refractivity contribution >= 4 is 17.3 Å². The Balaban J connectivity index is 1.58. The predicted octanol–water partition coefficient (Wildman–Crippen LogP) is 1.03. The van der Waals surface area contributed by atoms with Crippen molar-refractivity contribution in [2.45, 2.75) is 0 Å². The van der Waals surface area contributed by atoms with E-state index in [1.165, 1.54) is 11.9 Å². The van der Waals surface area contributed by atoms with Gasteiger partial charge < -0.3 is 24.9 Å². The van der Waals surface area contributed by atoms with E-state index in [2.05, 4.69) is 39.2 Å². The van der Waals surface area contributed by atoms with Gasteiger partial charge in [-0.1, -0.05) is 0 Å². The zero-order valence-electron chi connectivity index (χ0n) is 16.2. The minimum atomic E-state index is -0.202. The van der Waals surface area contributed by atoms with Crippen molar-refractivity contribution in [2.24, 2.45) is 0 Å². The summed E-state index contributed by atoms with van der Waals surface area (Å²) in [5.41, 5.74) is 2.21. The maximum atomic E-state index is 12.5. The van der Waals surface area contributed by atoms with Gasteiger partial charge in [0.25, 0.3) is 5.91 Å². The number of rotatable bonds is 4. The van der Waals surface area contributed by atoms with Crippen LogP contribution in [0.2, 0.25) is 0 Å². The molecule has 0 aliphatic carbocycles. The molecule has 1 aromatic carbocycles. The van der Waals surface area contributed by atoms with Gasteiger partial charge in [0, 0.05) is 69.9 Å². The maximum Gasteiger partial charge on any atom is 0.266 e. The summed E-state index contributed by atoms with van der Waals surface area (Å²) < 4.78 is 0. The van der Waals surface area contributed by atoms with Gasteiger partial charge in [-0.25, -0.2) is 0 Å². The largest absolute Gasteiger partial charge is 0.369 e. The highest BCUT2D eigenvalue weighted by molar-refractivity contribution is 5.97. The number of hydrogen-bond acceptors (Lipinski definition) is 6. The first-order chi connectivity index (χ1) is 13.1. The first-order valence-corrected chi connectivity index (χ1v) is 9.45. The molecule has 2 aliphatic heterocycles. The molecule has 144 valence electrons. The smallest absolute Gasteiger partial charge is 0.266 e. The summed E-state index contributed by atoms with van der Waals surface area (Å²) >= 11 is 0. The van der Waals surface area contributed by atoms with Gasteiger partial charge >= 0.3 is 0 Å². The molecule has 2 heterocycles. The Morgan fingerprint density at radius 1 is 0.963 bits per heavy atom. The standard InChI is InChI=1S/C20H28N6O/c1-23-7-11-25(12-8-23)19-5-3-18(4-6-19)22-16-17(15-21)20(27)26-13-9-24(2)10-14-26/h3-6,16,22H,7-14H2,1-2H3/b17-16-. The molecule has 2 saturated heterocycles. The minimum Gasteiger partial charge on any atom is -0.369 e. The van der Waals surface area contributed by atoms with E-state index < -0.39 is 0 Å². The van der Waals surface area contributed by atoms with Crippen LogP contribution in [-0.4, -0.2) is 87.1 Å². The molecule has 0 bridgehead atoms. The number of piperazine rings is 2. The van der Waals surface area contributed by atoms with Gasteiger partial charge in [-0.05, 0) is 38.4 Å². The molecule has 1 amide bonds. The van der Waals surface area contributed by atoms with Gasteiger partial charge in [0.2, 0.25) is 0 Å². The molecular weight excluding hydrogens is 340 g/mol. The number of benzene rings is 1. The molecule has 2 fully saturated rings. The van der Waals surface area contributed by atoms with E-state index in [1.54, 1.807) is 4.90 Å². The van der Waals surface area contributed by atoms with E-state index >= 15 is 0 Å². The van der Waals surface area contributed by atoms with E-state index in [-0.39, 0.29) is 11.5 Å². The number of nitrogens with zero attached hydrogens (tertiary/aromatic N) is 5. The number of nitrogens with one attached hydrogen (secondary N) is 1. The first kappa shape index (κ1) is 19.2. The fraction of sp³-hybridized carbons (Fsp3) is 0.500. The first-order valence-electron chi connectivity index (χ1n) is 9.45. The molecule has 7 nitrogen and oxygen atoms in total. The number of amides is 1. The summed E-state index contributed by atoms with van der Waals surface area (Å²) in [5.74, 6) is -0.202. The molecule has 1 aromatic rings. The van der Waals surface area contributed by atoms with Gasteiger partial charge in [0.1, 0.15) is 11.6 Å². The monoisotopic (exact) mass is 368 g/mol. The summed E-state index contributed by atoms with van der Waals surface area (Å²) in [4.78, 5) is 21.1. The lowest BCUT2D eigenvalue weighted by Crippen LogP contribution is -2.47. The molecule has 0 spiro atoms. The number of carbonyl (C=O) groups excluding carboxylic acids is 1. The van der Waals surface area contributed by atoms with E-state index in [1.807, 2.05) is 25.2 Å². The zero-order chi connectivity index (χ0) is 19.2. The Hall–Kier alpha value is -2.56. The van der Waals surface area contributed by atoms with Gasteiger partial charge in [0.05, 0.1) is 0 Å². The molecule has 0 radical (unpaired) electrons. The molecule has 0 aromatic heterocycles. The fourth-order valence-corrected chi connectivity index (χ4v) is 3.31. The summed E-state index contributed by atoms with van der Waals surface area (Å²) in [6.45, 7) is 7.20. The number of likely N-dealkylation sites (N-methyl/N-ethyl adjacent to an activating group) is 2. The van der Waals surface area contributed by atoms with Crippen LogP contribution >= 0.6 is 0 Å². The summed E-state index contributed by atoms with van der Waals surface area (Å²) in [5, 5.41) is 12.5. The van der Waals surface area contributed by atoms with E-state index in [4.69, 9.17) is 0 Å². The van der Waals surface area contributed by atoms with Crippen LogP contribution in [0.4, 0.5) is 11.4 Å². The zero-order valence-corrected chi connectivity index (χ0v) is 16.2. The van der Waals surface area contributed by atoms with Crippen LogP contribution in [0, 0.1) is 11.3 Å². The van der Waals surface area contributed by atoms with Crippen molar-refractivity contribution < 1.29 is 4.79 Å². The van der Waals surface area contributed by atoms with Crippen LogP contribution in [0.25, 0.3) is 0 Å². The molecule has 0 atom stereocenters. The Labute approximate surface area is 161 Å². The average Bonchev–Trinajstić information content (AvgIpc) is 2.70. The summed E-state index contributed by atoms with van der Waals surface area (Å²) in [6.07, 6.45) is 1.52. The van der Waals surface area contributed by atoms with Crippen molar-refractivity contribution in [3.8, 4) is 6.07 Å². The topological polar surface area (TPSA) is 65.9 Å². The van der Waals surface area contributed by atoms with Crippen molar-refractivity contribution in [1.82, 2.24) is 14.7 Å².